The average Bonchev–Trinajstić information content (AvgIpc) is 3.04. The molecular formula is C19H32N4O2. The standard InChI is InChI=1S/C19H32N4O2/c1-14(2)23(15(3)4)10-6-9-21-19(20-5)22-12-16-7-8-17-18(11-16)25-13-24-17/h7-8,11,14-15H,6,9-10,12-13H2,1-5H3,(H2,20,21,22). The molecular weight excluding hydrogens is 316 g/mol. The maximum atomic E-state index is 5.41. The molecule has 2 rings (SSSR count). The smallest absolute Gasteiger partial charge is 0.231 e. The molecule has 1 heterocycles. The van der Waals surface area contributed by atoms with Crippen LogP contribution in [0.15, 0.2) is 23.2 Å². The summed E-state index contributed by atoms with van der Waals surface area (Å²) in [6.45, 7) is 12.0. The minimum atomic E-state index is 0.305. The van der Waals surface area contributed by atoms with E-state index < -0.39 is 0 Å². The van der Waals surface area contributed by atoms with Crippen LogP contribution in [0.4, 0.5) is 0 Å². The van der Waals surface area contributed by atoms with Gasteiger partial charge in [-0.2, -0.15) is 0 Å². The largest absolute Gasteiger partial charge is 0.454 e. The van der Waals surface area contributed by atoms with Crippen molar-refractivity contribution in [2.75, 3.05) is 26.9 Å². The van der Waals surface area contributed by atoms with Crippen LogP contribution in [0.1, 0.15) is 39.7 Å². The second-order valence-corrected chi connectivity index (χ2v) is 6.82. The van der Waals surface area contributed by atoms with Gasteiger partial charge in [-0.15, -0.1) is 0 Å². The molecule has 0 amide bonds. The zero-order valence-electron chi connectivity index (χ0n) is 16.1. The molecule has 0 fully saturated rings. The zero-order chi connectivity index (χ0) is 18.2. The highest BCUT2D eigenvalue weighted by Crippen LogP contribution is 2.32. The van der Waals surface area contributed by atoms with E-state index in [1.54, 1.807) is 7.05 Å². The van der Waals surface area contributed by atoms with Crippen molar-refractivity contribution in [3.8, 4) is 11.5 Å². The third-order valence-corrected chi connectivity index (χ3v) is 4.33. The van der Waals surface area contributed by atoms with E-state index >= 15 is 0 Å². The van der Waals surface area contributed by atoms with Gasteiger partial charge in [-0.05, 0) is 51.8 Å². The molecule has 0 aliphatic carbocycles. The fourth-order valence-corrected chi connectivity index (χ4v) is 3.04. The first kappa shape index (κ1) is 19.4. The number of benzene rings is 1. The van der Waals surface area contributed by atoms with Gasteiger partial charge in [0.05, 0.1) is 0 Å². The van der Waals surface area contributed by atoms with Gasteiger partial charge >= 0.3 is 0 Å². The first-order chi connectivity index (χ1) is 12.0. The average molecular weight is 348 g/mol. The van der Waals surface area contributed by atoms with E-state index in [9.17, 15) is 0 Å². The maximum Gasteiger partial charge on any atom is 0.231 e. The molecule has 0 saturated carbocycles. The van der Waals surface area contributed by atoms with Gasteiger partial charge in [0.1, 0.15) is 0 Å². The molecule has 0 saturated heterocycles. The van der Waals surface area contributed by atoms with Crippen molar-refractivity contribution < 1.29 is 9.47 Å². The molecule has 1 aliphatic rings. The van der Waals surface area contributed by atoms with Gasteiger partial charge < -0.3 is 20.1 Å². The van der Waals surface area contributed by atoms with Crippen molar-refractivity contribution in [3.63, 3.8) is 0 Å². The molecule has 1 aromatic rings. The Kier molecular flexibility index (Phi) is 7.37. The Hall–Kier alpha value is -1.95. The van der Waals surface area contributed by atoms with E-state index in [-0.39, 0.29) is 0 Å². The van der Waals surface area contributed by atoms with Crippen LogP contribution < -0.4 is 20.1 Å². The van der Waals surface area contributed by atoms with Crippen molar-refractivity contribution >= 4 is 5.96 Å². The van der Waals surface area contributed by atoms with Gasteiger partial charge in [-0.25, -0.2) is 0 Å². The lowest BCUT2D eigenvalue weighted by molar-refractivity contribution is 0.173. The van der Waals surface area contributed by atoms with Crippen LogP contribution >= 0.6 is 0 Å². The number of rotatable bonds is 8. The lowest BCUT2D eigenvalue weighted by Gasteiger charge is -2.30. The summed E-state index contributed by atoms with van der Waals surface area (Å²) in [4.78, 5) is 6.79. The highest BCUT2D eigenvalue weighted by Gasteiger charge is 2.14. The van der Waals surface area contributed by atoms with Gasteiger partial charge in [0.15, 0.2) is 17.5 Å². The third kappa shape index (κ3) is 5.81. The Bertz CT molecular complexity index is 565. The summed E-state index contributed by atoms with van der Waals surface area (Å²) < 4.78 is 10.7. The van der Waals surface area contributed by atoms with Crippen molar-refractivity contribution in [2.45, 2.75) is 52.7 Å². The second kappa shape index (κ2) is 9.51. The summed E-state index contributed by atoms with van der Waals surface area (Å²) in [7, 11) is 1.80. The first-order valence-corrected chi connectivity index (χ1v) is 9.10. The summed E-state index contributed by atoms with van der Waals surface area (Å²) in [6, 6.07) is 7.14. The highest BCUT2D eigenvalue weighted by atomic mass is 16.7. The van der Waals surface area contributed by atoms with E-state index in [4.69, 9.17) is 9.47 Å². The number of hydrogen-bond acceptors (Lipinski definition) is 4. The summed E-state index contributed by atoms with van der Waals surface area (Å²) in [6.07, 6.45) is 1.08. The number of aliphatic imine (C=N–C) groups is 1. The van der Waals surface area contributed by atoms with Crippen molar-refractivity contribution in [1.82, 2.24) is 15.5 Å². The Morgan fingerprint density at radius 1 is 1.12 bits per heavy atom. The minimum absolute atomic E-state index is 0.305. The minimum Gasteiger partial charge on any atom is -0.454 e. The van der Waals surface area contributed by atoms with Crippen LogP contribution in [0.5, 0.6) is 11.5 Å². The SMILES string of the molecule is CN=C(NCCCN(C(C)C)C(C)C)NCc1ccc2c(c1)OCO2. The second-order valence-electron chi connectivity index (χ2n) is 6.82. The molecule has 25 heavy (non-hydrogen) atoms. The van der Waals surface area contributed by atoms with Crippen molar-refractivity contribution in [1.29, 1.82) is 0 Å². The molecule has 140 valence electrons. The maximum absolute atomic E-state index is 5.41. The predicted octanol–water partition coefficient (Wildman–Crippen LogP) is 2.59. The van der Waals surface area contributed by atoms with E-state index in [1.165, 1.54) is 0 Å². The molecule has 0 spiro atoms. The Morgan fingerprint density at radius 3 is 2.52 bits per heavy atom. The Labute approximate surface area is 151 Å². The quantitative estimate of drug-likeness (QED) is 0.430. The van der Waals surface area contributed by atoms with Crippen LogP contribution in [0.3, 0.4) is 0 Å². The fourth-order valence-electron chi connectivity index (χ4n) is 3.04. The number of nitrogens with zero attached hydrogens (tertiary/aromatic N) is 2. The number of hydrogen-bond donors (Lipinski definition) is 2. The lowest BCUT2D eigenvalue weighted by atomic mass is 10.2. The predicted molar refractivity (Wildman–Crippen MR) is 102 cm³/mol. The fraction of sp³-hybridized carbons (Fsp3) is 0.632. The van der Waals surface area contributed by atoms with E-state index in [0.29, 0.717) is 25.4 Å². The first-order valence-electron chi connectivity index (χ1n) is 9.10. The van der Waals surface area contributed by atoms with Gasteiger partial charge in [0.2, 0.25) is 6.79 Å². The molecule has 2 N–H and O–H groups in total. The van der Waals surface area contributed by atoms with Gasteiger partial charge in [0, 0.05) is 38.8 Å². The molecule has 0 aromatic heterocycles. The summed E-state index contributed by atoms with van der Waals surface area (Å²) in [5.74, 6) is 2.44. The Morgan fingerprint density at radius 2 is 1.84 bits per heavy atom. The third-order valence-electron chi connectivity index (χ3n) is 4.33. The summed E-state index contributed by atoms with van der Waals surface area (Å²) in [5, 5.41) is 6.72. The van der Waals surface area contributed by atoms with Gasteiger partial charge in [-0.1, -0.05) is 6.07 Å². The molecule has 6 heteroatoms. The van der Waals surface area contributed by atoms with Gasteiger partial charge in [-0.3, -0.25) is 9.89 Å². The topological polar surface area (TPSA) is 58.1 Å². The number of guanidine groups is 1. The zero-order valence-corrected chi connectivity index (χ0v) is 16.1. The van der Waals surface area contributed by atoms with E-state index in [0.717, 1.165) is 42.5 Å². The van der Waals surface area contributed by atoms with E-state index in [1.807, 2.05) is 18.2 Å². The molecule has 1 aliphatic heterocycles. The van der Waals surface area contributed by atoms with Crippen LogP contribution in [-0.2, 0) is 6.54 Å². The molecule has 0 atom stereocenters. The Balaban J connectivity index is 1.72. The molecule has 0 bridgehead atoms. The van der Waals surface area contributed by atoms with Crippen LogP contribution in [0, 0.1) is 0 Å². The summed E-state index contributed by atoms with van der Waals surface area (Å²) in [5.41, 5.74) is 1.14. The highest BCUT2D eigenvalue weighted by molar-refractivity contribution is 5.79. The molecule has 1 aromatic carbocycles. The normalized spacial score (nSPS) is 13.8. The number of fused-ring (bicyclic) bond motifs is 1. The molecule has 0 radical (unpaired) electrons. The summed E-state index contributed by atoms with van der Waals surface area (Å²) >= 11 is 0. The van der Waals surface area contributed by atoms with Crippen LogP contribution in [0.25, 0.3) is 0 Å². The lowest BCUT2D eigenvalue weighted by Crippen LogP contribution is -2.41. The van der Waals surface area contributed by atoms with Gasteiger partial charge in [0.25, 0.3) is 0 Å². The molecule has 0 unspecified atom stereocenters. The van der Waals surface area contributed by atoms with Crippen LogP contribution in [0.2, 0.25) is 0 Å². The molecule has 6 nitrogen and oxygen atoms in total. The van der Waals surface area contributed by atoms with Crippen molar-refractivity contribution in [3.05, 3.63) is 23.8 Å². The van der Waals surface area contributed by atoms with E-state index in [2.05, 4.69) is 48.2 Å². The van der Waals surface area contributed by atoms with Crippen molar-refractivity contribution in [2.24, 2.45) is 4.99 Å². The van der Waals surface area contributed by atoms with Crippen LogP contribution in [-0.4, -0.2) is 49.9 Å². The monoisotopic (exact) mass is 348 g/mol. The number of ether oxygens (including phenoxy) is 2. The number of nitrogens with one attached hydrogen (secondary N) is 2.